The molecular formula is C17H20F3N3O3. The SMILES string of the molecule is COC(C)C(=O)N(Cc1ccc(-c2noc(C(F)(F)F)n2)cc1)C(C)C. The fourth-order valence-electron chi connectivity index (χ4n) is 2.26. The molecule has 0 saturated carbocycles. The van der Waals surface area contributed by atoms with Gasteiger partial charge < -0.3 is 14.2 Å². The minimum atomic E-state index is -4.68. The lowest BCUT2D eigenvalue weighted by Gasteiger charge is -2.29. The van der Waals surface area contributed by atoms with Crippen LogP contribution in [0.3, 0.4) is 0 Å². The number of nitrogens with zero attached hydrogens (tertiary/aromatic N) is 3. The van der Waals surface area contributed by atoms with Gasteiger partial charge in [-0.3, -0.25) is 4.79 Å². The van der Waals surface area contributed by atoms with Crippen LogP contribution in [0.25, 0.3) is 11.4 Å². The van der Waals surface area contributed by atoms with E-state index in [1.807, 2.05) is 13.8 Å². The lowest BCUT2D eigenvalue weighted by atomic mass is 10.1. The van der Waals surface area contributed by atoms with Crippen LogP contribution in [0, 0.1) is 0 Å². The molecule has 6 nitrogen and oxygen atoms in total. The third kappa shape index (κ3) is 4.60. The zero-order valence-electron chi connectivity index (χ0n) is 14.9. The Kier molecular flexibility index (Phi) is 6.01. The molecule has 0 saturated heterocycles. The van der Waals surface area contributed by atoms with Crippen LogP contribution in [0.15, 0.2) is 28.8 Å². The molecule has 1 unspecified atom stereocenters. The minimum absolute atomic E-state index is 0.0358. The van der Waals surface area contributed by atoms with Crippen molar-refractivity contribution >= 4 is 5.91 Å². The van der Waals surface area contributed by atoms with Crippen LogP contribution in [-0.4, -0.2) is 40.2 Å². The Bertz CT molecular complexity index is 742. The molecule has 0 aliphatic rings. The van der Waals surface area contributed by atoms with Gasteiger partial charge in [0.1, 0.15) is 6.10 Å². The molecule has 9 heteroatoms. The molecule has 0 aliphatic heterocycles. The molecule has 0 N–H and O–H groups in total. The molecule has 0 spiro atoms. The monoisotopic (exact) mass is 371 g/mol. The maximum absolute atomic E-state index is 12.5. The van der Waals surface area contributed by atoms with E-state index >= 15 is 0 Å². The van der Waals surface area contributed by atoms with Gasteiger partial charge in [-0.05, 0) is 26.3 Å². The Morgan fingerprint density at radius 3 is 2.31 bits per heavy atom. The molecular weight excluding hydrogens is 351 g/mol. The Morgan fingerprint density at radius 1 is 1.23 bits per heavy atom. The van der Waals surface area contributed by atoms with E-state index in [1.165, 1.54) is 7.11 Å². The van der Waals surface area contributed by atoms with E-state index in [0.29, 0.717) is 12.1 Å². The summed E-state index contributed by atoms with van der Waals surface area (Å²) in [5.41, 5.74) is 1.21. The second kappa shape index (κ2) is 7.86. The number of halogens is 3. The number of aromatic nitrogens is 2. The van der Waals surface area contributed by atoms with Crippen molar-refractivity contribution in [2.45, 2.75) is 45.6 Å². The van der Waals surface area contributed by atoms with Crippen molar-refractivity contribution in [1.29, 1.82) is 0 Å². The number of benzene rings is 1. The third-order valence-electron chi connectivity index (χ3n) is 3.84. The first-order chi connectivity index (χ1) is 12.1. The number of amides is 1. The smallest absolute Gasteiger partial charge is 0.372 e. The quantitative estimate of drug-likeness (QED) is 0.777. The highest BCUT2D eigenvalue weighted by Crippen LogP contribution is 2.29. The zero-order valence-corrected chi connectivity index (χ0v) is 14.9. The van der Waals surface area contributed by atoms with Gasteiger partial charge >= 0.3 is 12.1 Å². The summed E-state index contributed by atoms with van der Waals surface area (Å²) in [5.74, 6) is -1.67. The van der Waals surface area contributed by atoms with Gasteiger partial charge in [0.2, 0.25) is 5.82 Å². The van der Waals surface area contributed by atoms with Crippen molar-refractivity contribution in [2.24, 2.45) is 0 Å². The molecule has 1 amide bonds. The highest BCUT2D eigenvalue weighted by molar-refractivity contribution is 5.80. The van der Waals surface area contributed by atoms with Crippen LogP contribution in [-0.2, 0) is 22.3 Å². The predicted octanol–water partition coefficient (Wildman–Crippen LogP) is 3.53. The number of rotatable bonds is 6. The van der Waals surface area contributed by atoms with Crippen molar-refractivity contribution in [2.75, 3.05) is 7.11 Å². The van der Waals surface area contributed by atoms with E-state index in [9.17, 15) is 18.0 Å². The number of hydrogen-bond acceptors (Lipinski definition) is 5. The van der Waals surface area contributed by atoms with Crippen molar-refractivity contribution in [3.8, 4) is 11.4 Å². The van der Waals surface area contributed by atoms with Crippen molar-refractivity contribution in [3.05, 3.63) is 35.7 Å². The highest BCUT2D eigenvalue weighted by Gasteiger charge is 2.38. The second-order valence-electron chi connectivity index (χ2n) is 6.06. The average molecular weight is 371 g/mol. The molecule has 1 aromatic carbocycles. The molecule has 1 atom stereocenters. The zero-order chi connectivity index (χ0) is 19.5. The lowest BCUT2D eigenvalue weighted by Crippen LogP contribution is -2.42. The topological polar surface area (TPSA) is 68.5 Å². The number of hydrogen-bond donors (Lipinski definition) is 0. The van der Waals surface area contributed by atoms with E-state index < -0.39 is 18.2 Å². The molecule has 0 aliphatic carbocycles. The van der Waals surface area contributed by atoms with Gasteiger partial charge in [0.25, 0.3) is 5.91 Å². The summed E-state index contributed by atoms with van der Waals surface area (Å²) >= 11 is 0. The fourth-order valence-corrected chi connectivity index (χ4v) is 2.26. The Hall–Kier alpha value is -2.42. The Balaban J connectivity index is 2.15. The first-order valence-corrected chi connectivity index (χ1v) is 7.97. The standard InChI is InChI=1S/C17H20F3N3O3/c1-10(2)23(15(24)11(3)25-4)9-12-5-7-13(8-6-12)14-21-16(26-22-14)17(18,19)20/h5-8,10-11H,9H2,1-4H3. The molecule has 1 heterocycles. The first kappa shape index (κ1) is 19.9. The Morgan fingerprint density at radius 2 is 1.85 bits per heavy atom. The van der Waals surface area contributed by atoms with E-state index in [0.717, 1.165) is 5.56 Å². The minimum Gasteiger partial charge on any atom is -0.372 e. The van der Waals surface area contributed by atoms with Crippen LogP contribution < -0.4 is 0 Å². The predicted molar refractivity (Wildman–Crippen MR) is 86.9 cm³/mol. The van der Waals surface area contributed by atoms with Crippen molar-refractivity contribution < 1.29 is 27.2 Å². The summed E-state index contributed by atoms with van der Waals surface area (Å²) in [6, 6.07) is 6.55. The summed E-state index contributed by atoms with van der Waals surface area (Å²) < 4.78 is 46.9. The molecule has 142 valence electrons. The largest absolute Gasteiger partial charge is 0.471 e. The maximum atomic E-state index is 12.5. The average Bonchev–Trinajstić information content (AvgIpc) is 3.09. The highest BCUT2D eigenvalue weighted by atomic mass is 19.4. The van der Waals surface area contributed by atoms with Crippen LogP contribution in [0.2, 0.25) is 0 Å². The third-order valence-corrected chi connectivity index (χ3v) is 3.84. The number of ether oxygens (including phenoxy) is 1. The molecule has 0 fully saturated rings. The molecule has 0 bridgehead atoms. The Labute approximate surface area is 148 Å². The van der Waals surface area contributed by atoms with Gasteiger partial charge in [0.05, 0.1) is 0 Å². The van der Waals surface area contributed by atoms with Crippen LogP contribution in [0.4, 0.5) is 13.2 Å². The fraction of sp³-hybridized carbons (Fsp3) is 0.471. The molecule has 1 aromatic heterocycles. The van der Waals surface area contributed by atoms with E-state index in [2.05, 4.69) is 14.7 Å². The summed E-state index contributed by atoms with van der Waals surface area (Å²) in [4.78, 5) is 17.4. The number of carbonyl (C=O) groups is 1. The van der Waals surface area contributed by atoms with E-state index in [4.69, 9.17) is 4.74 Å². The first-order valence-electron chi connectivity index (χ1n) is 7.97. The number of carbonyl (C=O) groups excluding carboxylic acids is 1. The summed E-state index contributed by atoms with van der Waals surface area (Å²) in [6.07, 6.45) is -5.24. The van der Waals surface area contributed by atoms with Gasteiger partial charge in [-0.15, -0.1) is 0 Å². The van der Waals surface area contributed by atoms with Crippen molar-refractivity contribution in [1.82, 2.24) is 15.0 Å². The molecule has 2 aromatic rings. The van der Waals surface area contributed by atoms with Gasteiger partial charge in [0, 0.05) is 25.3 Å². The summed E-state index contributed by atoms with van der Waals surface area (Å²) in [6.45, 7) is 5.82. The van der Waals surface area contributed by atoms with Crippen LogP contribution in [0.1, 0.15) is 32.2 Å². The summed E-state index contributed by atoms with van der Waals surface area (Å²) in [7, 11) is 1.47. The van der Waals surface area contributed by atoms with Crippen molar-refractivity contribution in [3.63, 3.8) is 0 Å². The summed E-state index contributed by atoms with van der Waals surface area (Å²) in [5, 5.41) is 3.35. The van der Waals surface area contributed by atoms with Gasteiger partial charge in [0.15, 0.2) is 0 Å². The number of alkyl halides is 3. The van der Waals surface area contributed by atoms with E-state index in [-0.39, 0.29) is 17.8 Å². The second-order valence-corrected chi connectivity index (χ2v) is 6.06. The molecule has 2 rings (SSSR count). The molecule has 0 radical (unpaired) electrons. The maximum Gasteiger partial charge on any atom is 0.471 e. The molecule has 26 heavy (non-hydrogen) atoms. The normalized spacial score (nSPS) is 13.1. The van der Waals surface area contributed by atoms with Gasteiger partial charge in [-0.25, -0.2) is 0 Å². The number of methoxy groups -OCH3 is 1. The van der Waals surface area contributed by atoms with E-state index in [1.54, 1.807) is 36.1 Å². The van der Waals surface area contributed by atoms with Gasteiger partial charge in [-0.2, -0.15) is 18.2 Å². The van der Waals surface area contributed by atoms with Gasteiger partial charge in [-0.1, -0.05) is 29.4 Å². The van der Waals surface area contributed by atoms with Crippen LogP contribution in [0.5, 0.6) is 0 Å². The lowest BCUT2D eigenvalue weighted by molar-refractivity contribution is -0.159. The van der Waals surface area contributed by atoms with Crippen LogP contribution >= 0.6 is 0 Å².